The van der Waals surface area contributed by atoms with E-state index in [-0.39, 0.29) is 6.41 Å². The zero-order chi connectivity index (χ0) is 9.56. The topological polar surface area (TPSA) is 116 Å². The van der Waals surface area contributed by atoms with E-state index in [1.165, 1.54) is 0 Å². The third kappa shape index (κ3) is 4.09. The van der Waals surface area contributed by atoms with Crippen LogP contribution in [-0.4, -0.2) is 34.6 Å². The second-order valence-corrected chi connectivity index (χ2v) is 1.79. The number of aliphatic carboxylic acids is 2. The molecule has 0 aliphatic carbocycles. The summed E-state index contributed by atoms with van der Waals surface area (Å²) in [5.41, 5.74) is 0. The molecule has 0 bridgehead atoms. The Hall–Kier alpha value is -1.79. The Balaban J connectivity index is 4.23. The average molecular weight is 174 g/mol. The summed E-state index contributed by atoms with van der Waals surface area (Å²) in [6, 6.07) is -1.49. The van der Waals surface area contributed by atoms with Gasteiger partial charge in [0, 0.05) is 0 Å². The molecule has 0 rings (SSSR count). The van der Waals surface area contributed by atoms with Crippen LogP contribution in [0.15, 0.2) is 10.2 Å². The Morgan fingerprint density at radius 1 is 1.42 bits per heavy atom. The molecule has 0 fully saturated rings. The summed E-state index contributed by atoms with van der Waals surface area (Å²) < 4.78 is 0. The Bertz CT molecular complexity index is 224. The number of carboxylic acids is 2. The van der Waals surface area contributed by atoms with Crippen LogP contribution >= 0.6 is 0 Å². The molecule has 0 aromatic heterocycles. The van der Waals surface area contributed by atoms with E-state index in [1.54, 1.807) is 0 Å². The number of hydrogen-bond acceptors (Lipinski definition) is 4. The largest absolute Gasteiger partial charge is 0.481 e. The number of hydrogen-bond donors (Lipinski definition) is 2. The molecule has 0 unspecified atom stereocenters. The van der Waals surface area contributed by atoms with Crippen molar-refractivity contribution in [1.82, 2.24) is 0 Å². The Morgan fingerprint density at radius 2 is 2.00 bits per heavy atom. The Kier molecular flexibility index (Phi) is 4.20. The highest BCUT2D eigenvalue weighted by Crippen LogP contribution is 1.98. The van der Waals surface area contributed by atoms with Crippen LogP contribution in [0.25, 0.3) is 0 Å². The van der Waals surface area contributed by atoms with Gasteiger partial charge < -0.3 is 10.2 Å². The molecule has 66 valence electrons. The van der Waals surface area contributed by atoms with Gasteiger partial charge in [-0.1, -0.05) is 0 Å². The quantitative estimate of drug-likeness (QED) is 0.431. The van der Waals surface area contributed by atoms with Crippen molar-refractivity contribution < 1.29 is 24.6 Å². The van der Waals surface area contributed by atoms with E-state index in [0.717, 1.165) is 0 Å². The van der Waals surface area contributed by atoms with Gasteiger partial charge >= 0.3 is 11.9 Å². The summed E-state index contributed by atoms with van der Waals surface area (Å²) in [7, 11) is 0. The first-order chi connectivity index (χ1) is 5.57. The van der Waals surface area contributed by atoms with Gasteiger partial charge in [0.25, 0.3) is 6.41 Å². The minimum Gasteiger partial charge on any atom is -0.481 e. The number of carbonyl (C=O) groups excluding carboxylic acids is 1. The summed E-state index contributed by atoms with van der Waals surface area (Å²) in [4.78, 5) is 29.8. The van der Waals surface area contributed by atoms with E-state index in [1.807, 2.05) is 0 Å². The van der Waals surface area contributed by atoms with Gasteiger partial charge in [0.05, 0.1) is 6.42 Å². The Morgan fingerprint density at radius 3 is 2.33 bits per heavy atom. The maximum Gasteiger partial charge on any atom is 0.330 e. The summed E-state index contributed by atoms with van der Waals surface area (Å²) in [5.74, 6) is -2.74. The van der Waals surface area contributed by atoms with Crippen LogP contribution in [0.3, 0.4) is 0 Å². The fraction of sp³-hybridized carbons (Fsp3) is 0.400. The molecular formula is C5H6N2O5. The van der Waals surface area contributed by atoms with E-state index in [9.17, 15) is 14.4 Å². The first-order valence-electron chi connectivity index (χ1n) is 2.86. The van der Waals surface area contributed by atoms with Crippen LogP contribution in [0.5, 0.6) is 0 Å². The average Bonchev–Trinajstić information content (AvgIpc) is 1.96. The van der Waals surface area contributed by atoms with Crippen LogP contribution in [-0.2, 0) is 14.4 Å². The lowest BCUT2D eigenvalue weighted by Crippen LogP contribution is -2.21. The molecule has 0 saturated carbocycles. The van der Waals surface area contributed by atoms with Crippen LogP contribution in [0.4, 0.5) is 0 Å². The van der Waals surface area contributed by atoms with Gasteiger partial charge in [-0.3, -0.25) is 9.59 Å². The number of rotatable bonds is 5. The zero-order valence-corrected chi connectivity index (χ0v) is 5.88. The van der Waals surface area contributed by atoms with Crippen molar-refractivity contribution in [3.05, 3.63) is 0 Å². The van der Waals surface area contributed by atoms with Crippen molar-refractivity contribution in [1.29, 1.82) is 0 Å². The van der Waals surface area contributed by atoms with Gasteiger partial charge in [0.1, 0.15) is 0 Å². The molecule has 0 saturated heterocycles. The molecule has 0 spiro atoms. The minimum atomic E-state index is -1.49. The Labute approximate surface area is 66.7 Å². The zero-order valence-electron chi connectivity index (χ0n) is 5.88. The predicted molar refractivity (Wildman–Crippen MR) is 34.6 cm³/mol. The van der Waals surface area contributed by atoms with Crippen molar-refractivity contribution >= 4 is 18.3 Å². The van der Waals surface area contributed by atoms with Crippen molar-refractivity contribution in [3.63, 3.8) is 0 Å². The van der Waals surface area contributed by atoms with Gasteiger partial charge in [0.2, 0.25) is 0 Å². The first kappa shape index (κ1) is 10.2. The molecule has 0 aliphatic heterocycles. The molecular weight excluding hydrogens is 168 g/mol. The lowest BCUT2D eigenvalue weighted by Gasteiger charge is -1.99. The smallest absolute Gasteiger partial charge is 0.330 e. The highest BCUT2D eigenvalue weighted by atomic mass is 16.4. The molecule has 0 radical (unpaired) electrons. The number of azo groups is 1. The summed E-state index contributed by atoms with van der Waals surface area (Å²) >= 11 is 0. The molecule has 1 atom stereocenters. The number of carboxylic acid groups (broad SMARTS) is 2. The highest BCUT2D eigenvalue weighted by molar-refractivity contribution is 5.80. The normalized spacial score (nSPS) is 12.7. The maximum absolute atomic E-state index is 10.2. The first-order valence-corrected chi connectivity index (χ1v) is 2.86. The molecule has 0 aromatic carbocycles. The van der Waals surface area contributed by atoms with E-state index < -0.39 is 24.4 Å². The van der Waals surface area contributed by atoms with E-state index in [0.29, 0.717) is 0 Å². The fourth-order valence-electron chi connectivity index (χ4n) is 0.451. The molecule has 1 amide bonds. The summed E-state index contributed by atoms with van der Waals surface area (Å²) in [5, 5.41) is 22.2. The second kappa shape index (κ2) is 4.94. The van der Waals surface area contributed by atoms with Gasteiger partial charge in [-0.25, -0.2) is 4.79 Å². The van der Waals surface area contributed by atoms with E-state index in [2.05, 4.69) is 10.2 Å². The molecule has 0 aromatic rings. The minimum absolute atomic E-state index is 0.0395. The van der Waals surface area contributed by atoms with Crippen molar-refractivity contribution in [2.45, 2.75) is 12.5 Å². The monoisotopic (exact) mass is 174 g/mol. The fourth-order valence-corrected chi connectivity index (χ4v) is 0.451. The third-order valence-electron chi connectivity index (χ3n) is 0.906. The van der Waals surface area contributed by atoms with Crippen LogP contribution < -0.4 is 0 Å². The van der Waals surface area contributed by atoms with Crippen LogP contribution in [0.2, 0.25) is 0 Å². The maximum atomic E-state index is 10.2. The SMILES string of the molecule is O=CN=N[C@@H](CC(=O)O)C(=O)O. The highest BCUT2D eigenvalue weighted by Gasteiger charge is 2.19. The second-order valence-electron chi connectivity index (χ2n) is 1.79. The predicted octanol–water partition coefficient (Wildman–Crippen LogP) is -0.477. The summed E-state index contributed by atoms with van der Waals surface area (Å²) in [6.45, 7) is 0. The van der Waals surface area contributed by atoms with Gasteiger partial charge in [0.15, 0.2) is 6.04 Å². The number of carbonyl (C=O) groups is 3. The van der Waals surface area contributed by atoms with E-state index in [4.69, 9.17) is 10.2 Å². The molecule has 12 heavy (non-hydrogen) atoms. The number of amides is 1. The lowest BCUT2D eigenvalue weighted by molar-refractivity contribution is -0.145. The molecule has 2 N–H and O–H groups in total. The van der Waals surface area contributed by atoms with Crippen LogP contribution in [0, 0.1) is 0 Å². The summed E-state index contributed by atoms with van der Waals surface area (Å²) in [6.07, 6.45) is -0.648. The molecule has 7 nitrogen and oxygen atoms in total. The third-order valence-corrected chi connectivity index (χ3v) is 0.906. The lowest BCUT2D eigenvalue weighted by atomic mass is 10.2. The molecule has 0 aliphatic rings. The van der Waals surface area contributed by atoms with Gasteiger partial charge in [-0.05, 0) is 0 Å². The van der Waals surface area contributed by atoms with Crippen LogP contribution in [0.1, 0.15) is 6.42 Å². The van der Waals surface area contributed by atoms with Crippen molar-refractivity contribution in [3.8, 4) is 0 Å². The van der Waals surface area contributed by atoms with E-state index >= 15 is 0 Å². The van der Waals surface area contributed by atoms with Gasteiger partial charge in [-0.2, -0.15) is 5.11 Å². The van der Waals surface area contributed by atoms with Gasteiger partial charge in [-0.15, -0.1) is 5.11 Å². The number of nitrogens with zero attached hydrogens (tertiary/aromatic N) is 2. The molecule has 7 heteroatoms. The van der Waals surface area contributed by atoms with Crippen molar-refractivity contribution in [2.75, 3.05) is 0 Å². The standard InChI is InChI=1S/C5H6N2O5/c8-2-6-7-3(5(11)12)1-4(9)10/h2-3H,1H2,(H,9,10)(H,11,12)/t3-/m0/s1. The van der Waals surface area contributed by atoms with Crippen molar-refractivity contribution in [2.24, 2.45) is 10.2 Å². The molecule has 0 heterocycles.